The van der Waals surface area contributed by atoms with Crippen LogP contribution in [0.15, 0.2) is 29.2 Å². The fourth-order valence-electron chi connectivity index (χ4n) is 2.61. The highest BCUT2D eigenvalue weighted by Crippen LogP contribution is 2.59. The topological polar surface area (TPSA) is 26.3 Å². The number of carbonyl (C=O) groups is 1. The maximum absolute atomic E-state index is 12.1. The monoisotopic (exact) mass is 302 g/mol. The van der Waals surface area contributed by atoms with E-state index in [4.69, 9.17) is 4.74 Å². The Hall–Kier alpha value is -1.53. The van der Waals surface area contributed by atoms with Gasteiger partial charge in [-0.1, -0.05) is 43.4 Å². The van der Waals surface area contributed by atoms with Gasteiger partial charge < -0.3 is 4.74 Å². The maximum Gasteiger partial charge on any atom is 0.311 e. The van der Waals surface area contributed by atoms with Crippen molar-refractivity contribution in [3.05, 3.63) is 34.0 Å². The molecule has 1 heterocycles. The molecular weight excluding hydrogens is 280 g/mol. The van der Waals surface area contributed by atoms with Crippen molar-refractivity contribution in [2.24, 2.45) is 17.3 Å². The van der Waals surface area contributed by atoms with E-state index in [2.05, 4.69) is 51.7 Å². The second-order valence-electron chi connectivity index (χ2n) is 6.29. The number of carbonyl (C=O) groups excluding carboxylic acids is 1. The molecule has 0 radical (unpaired) electrons. The van der Waals surface area contributed by atoms with E-state index < -0.39 is 0 Å². The molecule has 21 heavy (non-hydrogen) atoms. The highest BCUT2D eigenvalue weighted by molar-refractivity contribution is 7.09. The summed E-state index contributed by atoms with van der Waals surface area (Å²) in [5, 5.41) is 2.04. The van der Waals surface area contributed by atoms with Crippen LogP contribution in [0, 0.1) is 29.1 Å². The average Bonchev–Trinajstić information content (AvgIpc) is 2.80. The van der Waals surface area contributed by atoms with Gasteiger partial charge in [-0.15, -0.1) is 11.3 Å². The molecule has 0 aliphatic heterocycles. The average molecular weight is 302 g/mol. The Kier molecular flexibility index (Phi) is 4.90. The van der Waals surface area contributed by atoms with E-state index in [1.165, 1.54) is 10.5 Å². The number of esters is 1. The van der Waals surface area contributed by atoms with Gasteiger partial charge in [-0.05, 0) is 36.6 Å². The first-order chi connectivity index (χ1) is 9.93. The molecule has 0 N–H and O–H groups in total. The third kappa shape index (κ3) is 3.98. The minimum absolute atomic E-state index is 0.0126. The highest BCUT2D eigenvalue weighted by Gasteiger charge is 2.61. The van der Waals surface area contributed by atoms with E-state index in [9.17, 15) is 4.79 Å². The van der Waals surface area contributed by atoms with E-state index in [-0.39, 0.29) is 23.9 Å². The van der Waals surface area contributed by atoms with Crippen LogP contribution in [0.2, 0.25) is 0 Å². The quantitative estimate of drug-likeness (QED) is 0.476. The normalized spacial score (nSPS) is 21.9. The molecule has 2 rings (SSSR count). The van der Waals surface area contributed by atoms with Crippen molar-refractivity contribution in [2.75, 3.05) is 6.61 Å². The number of hydrogen-bond acceptors (Lipinski definition) is 3. The number of hydrogen-bond donors (Lipinski definition) is 0. The Morgan fingerprint density at radius 2 is 2.19 bits per heavy atom. The van der Waals surface area contributed by atoms with Crippen LogP contribution < -0.4 is 0 Å². The van der Waals surface area contributed by atoms with Gasteiger partial charge >= 0.3 is 5.97 Å². The van der Waals surface area contributed by atoms with E-state index in [1.54, 1.807) is 11.3 Å². The van der Waals surface area contributed by atoms with Gasteiger partial charge in [0.1, 0.15) is 0 Å². The Morgan fingerprint density at radius 3 is 2.81 bits per heavy atom. The van der Waals surface area contributed by atoms with Gasteiger partial charge in [0.15, 0.2) is 6.61 Å². The molecule has 112 valence electrons. The molecule has 1 aliphatic rings. The van der Waals surface area contributed by atoms with Crippen LogP contribution in [0.4, 0.5) is 0 Å². The summed E-state index contributed by atoms with van der Waals surface area (Å²) in [5.74, 6) is 6.12. The standard InChI is InChI=1S/C18H22O2S/c1-13(2)12-15-16(18(15,3)4)17(19)20-10-6-5-8-14-9-7-11-21-14/h7,9,11-12,15-16H,8,10H2,1-4H3. The lowest BCUT2D eigenvalue weighted by Gasteiger charge is -2.01. The van der Waals surface area contributed by atoms with Gasteiger partial charge in [-0.2, -0.15) is 0 Å². The van der Waals surface area contributed by atoms with Crippen molar-refractivity contribution in [1.82, 2.24) is 0 Å². The number of rotatable bonds is 4. The van der Waals surface area contributed by atoms with Crippen molar-refractivity contribution < 1.29 is 9.53 Å². The van der Waals surface area contributed by atoms with Crippen LogP contribution in [0.1, 0.15) is 32.6 Å². The zero-order valence-corrected chi connectivity index (χ0v) is 13.9. The van der Waals surface area contributed by atoms with Gasteiger partial charge in [-0.25, -0.2) is 0 Å². The summed E-state index contributed by atoms with van der Waals surface area (Å²) < 4.78 is 5.29. The molecule has 2 unspecified atom stereocenters. The number of thiophene rings is 1. The zero-order valence-electron chi connectivity index (χ0n) is 13.1. The predicted octanol–water partition coefficient (Wildman–Crippen LogP) is 4.08. The Balaban J connectivity index is 1.78. The van der Waals surface area contributed by atoms with Crippen molar-refractivity contribution in [3.63, 3.8) is 0 Å². The van der Waals surface area contributed by atoms with Crippen LogP contribution in [0.3, 0.4) is 0 Å². The highest BCUT2D eigenvalue weighted by atomic mass is 32.1. The van der Waals surface area contributed by atoms with E-state index in [0.29, 0.717) is 5.92 Å². The minimum atomic E-state index is -0.118. The van der Waals surface area contributed by atoms with Gasteiger partial charge in [0.25, 0.3) is 0 Å². The molecule has 0 spiro atoms. The van der Waals surface area contributed by atoms with Crippen LogP contribution in [0.5, 0.6) is 0 Å². The fraction of sp³-hybridized carbons (Fsp3) is 0.500. The molecule has 0 bridgehead atoms. The fourth-order valence-corrected chi connectivity index (χ4v) is 3.25. The van der Waals surface area contributed by atoms with Crippen LogP contribution in [-0.4, -0.2) is 12.6 Å². The zero-order chi connectivity index (χ0) is 15.5. The van der Waals surface area contributed by atoms with Crippen LogP contribution >= 0.6 is 11.3 Å². The number of ether oxygens (including phenoxy) is 1. The first kappa shape index (κ1) is 15.9. The van der Waals surface area contributed by atoms with Gasteiger partial charge in [0, 0.05) is 11.3 Å². The van der Waals surface area contributed by atoms with Crippen molar-refractivity contribution >= 4 is 17.3 Å². The summed E-state index contributed by atoms with van der Waals surface area (Å²) in [7, 11) is 0. The maximum atomic E-state index is 12.1. The summed E-state index contributed by atoms with van der Waals surface area (Å²) in [5.41, 5.74) is 1.26. The molecule has 1 saturated carbocycles. The third-order valence-corrected chi connectivity index (χ3v) is 4.81. The molecule has 1 aromatic heterocycles. The summed E-state index contributed by atoms with van der Waals surface area (Å²) in [6.07, 6.45) is 2.90. The van der Waals surface area contributed by atoms with E-state index >= 15 is 0 Å². The Bertz CT molecular complexity index is 580. The molecule has 3 heteroatoms. The molecule has 1 aromatic rings. The van der Waals surface area contributed by atoms with E-state index in [1.807, 2.05) is 11.4 Å². The first-order valence-corrected chi connectivity index (χ1v) is 8.10. The van der Waals surface area contributed by atoms with Crippen molar-refractivity contribution in [2.45, 2.75) is 34.1 Å². The number of allylic oxidation sites excluding steroid dienone is 2. The van der Waals surface area contributed by atoms with Gasteiger partial charge in [0.05, 0.1) is 5.92 Å². The summed E-state index contributed by atoms with van der Waals surface area (Å²) >= 11 is 1.69. The predicted molar refractivity (Wildman–Crippen MR) is 87.0 cm³/mol. The summed E-state index contributed by atoms with van der Waals surface area (Å²) in [6, 6.07) is 4.07. The molecule has 1 aliphatic carbocycles. The third-order valence-electron chi connectivity index (χ3n) is 3.93. The van der Waals surface area contributed by atoms with E-state index in [0.717, 1.165) is 6.42 Å². The molecule has 0 saturated heterocycles. The largest absolute Gasteiger partial charge is 0.452 e. The van der Waals surface area contributed by atoms with Gasteiger partial charge in [0.2, 0.25) is 0 Å². The first-order valence-electron chi connectivity index (χ1n) is 7.22. The molecule has 2 atom stereocenters. The Labute approximate surface area is 131 Å². The molecular formula is C18H22O2S. The SMILES string of the molecule is CC(C)=CC1C(C(=O)OCC#CCc2cccs2)C1(C)C. The minimum Gasteiger partial charge on any atom is -0.452 e. The van der Waals surface area contributed by atoms with Crippen molar-refractivity contribution in [1.29, 1.82) is 0 Å². The lowest BCUT2D eigenvalue weighted by Crippen LogP contribution is -2.10. The molecule has 0 amide bonds. The summed E-state index contributed by atoms with van der Waals surface area (Å²) in [6.45, 7) is 8.55. The second-order valence-corrected chi connectivity index (χ2v) is 7.32. The summed E-state index contributed by atoms with van der Waals surface area (Å²) in [4.78, 5) is 13.3. The Morgan fingerprint density at radius 1 is 1.43 bits per heavy atom. The molecule has 2 nitrogen and oxygen atoms in total. The van der Waals surface area contributed by atoms with Crippen LogP contribution in [-0.2, 0) is 16.0 Å². The van der Waals surface area contributed by atoms with Crippen LogP contribution in [0.25, 0.3) is 0 Å². The molecule has 0 aromatic carbocycles. The molecule has 1 fully saturated rings. The second kappa shape index (κ2) is 6.49. The lowest BCUT2D eigenvalue weighted by molar-refractivity contribution is -0.144. The smallest absolute Gasteiger partial charge is 0.311 e. The lowest BCUT2D eigenvalue weighted by atomic mass is 10.1. The van der Waals surface area contributed by atoms with Crippen molar-refractivity contribution in [3.8, 4) is 11.8 Å². The van der Waals surface area contributed by atoms with Gasteiger partial charge in [-0.3, -0.25) is 4.79 Å².